The third-order valence-electron chi connectivity index (χ3n) is 1.64. The van der Waals surface area contributed by atoms with Gasteiger partial charge in [0.15, 0.2) is 5.78 Å². The van der Waals surface area contributed by atoms with Gasteiger partial charge in [-0.15, -0.1) is 0 Å². The van der Waals surface area contributed by atoms with Crippen molar-refractivity contribution in [2.75, 3.05) is 5.73 Å². The molecule has 3 nitrogen and oxygen atoms in total. The lowest BCUT2D eigenvalue weighted by atomic mass is 10.0. The van der Waals surface area contributed by atoms with Gasteiger partial charge in [0.1, 0.15) is 0 Å². The molecule has 1 rings (SSSR count). The van der Waals surface area contributed by atoms with Crippen molar-refractivity contribution in [1.82, 2.24) is 0 Å². The molecule has 66 valence electrons. The highest BCUT2D eigenvalue weighted by Gasteiger charge is 2.13. The molecular formula is C9H7BrN2O. The topological polar surface area (TPSA) is 66.9 Å². The zero-order valence-corrected chi connectivity index (χ0v) is 8.55. The standard InChI is InChI=1S/C9H7BrN2O/c1-5(13)8-6(4-11)2-3-7(12)9(8)10/h2-3H,12H2,1H3. The van der Waals surface area contributed by atoms with E-state index in [-0.39, 0.29) is 5.78 Å². The average molecular weight is 239 g/mol. The largest absolute Gasteiger partial charge is 0.398 e. The summed E-state index contributed by atoms with van der Waals surface area (Å²) in [5.41, 5.74) is 6.73. The first-order valence-electron chi connectivity index (χ1n) is 3.57. The van der Waals surface area contributed by atoms with Gasteiger partial charge in [0.2, 0.25) is 0 Å². The van der Waals surface area contributed by atoms with Crippen LogP contribution in [-0.4, -0.2) is 5.78 Å². The number of carbonyl (C=O) groups excluding carboxylic acids is 1. The number of hydrogen-bond acceptors (Lipinski definition) is 3. The number of anilines is 1. The van der Waals surface area contributed by atoms with Crippen molar-refractivity contribution >= 4 is 27.4 Å². The van der Waals surface area contributed by atoms with Crippen LogP contribution in [-0.2, 0) is 0 Å². The predicted molar refractivity (Wildman–Crippen MR) is 53.3 cm³/mol. The summed E-state index contributed by atoms with van der Waals surface area (Å²) in [6.45, 7) is 1.40. The van der Waals surface area contributed by atoms with E-state index < -0.39 is 0 Å². The zero-order chi connectivity index (χ0) is 10.0. The molecule has 0 heterocycles. The molecule has 0 atom stereocenters. The first-order chi connectivity index (χ1) is 6.07. The Hall–Kier alpha value is -1.34. The molecule has 4 heteroatoms. The van der Waals surface area contributed by atoms with Crippen LogP contribution in [0.3, 0.4) is 0 Å². The Kier molecular flexibility index (Phi) is 2.69. The van der Waals surface area contributed by atoms with Crippen LogP contribution >= 0.6 is 15.9 Å². The number of rotatable bonds is 1. The molecule has 0 spiro atoms. The Morgan fingerprint density at radius 1 is 1.62 bits per heavy atom. The summed E-state index contributed by atoms with van der Waals surface area (Å²) in [5, 5.41) is 8.72. The predicted octanol–water partition coefficient (Wildman–Crippen LogP) is 2.11. The van der Waals surface area contributed by atoms with Crippen LogP contribution in [0.2, 0.25) is 0 Å². The van der Waals surface area contributed by atoms with E-state index in [4.69, 9.17) is 11.0 Å². The second kappa shape index (κ2) is 3.58. The monoisotopic (exact) mass is 238 g/mol. The molecule has 0 amide bonds. The summed E-state index contributed by atoms with van der Waals surface area (Å²) in [6.07, 6.45) is 0. The first-order valence-corrected chi connectivity index (χ1v) is 4.36. The van der Waals surface area contributed by atoms with E-state index in [1.807, 2.05) is 6.07 Å². The lowest BCUT2D eigenvalue weighted by molar-refractivity contribution is 0.101. The summed E-state index contributed by atoms with van der Waals surface area (Å²) < 4.78 is 0.499. The van der Waals surface area contributed by atoms with Crippen molar-refractivity contribution in [2.45, 2.75) is 6.92 Å². The molecule has 0 aromatic heterocycles. The number of Topliss-reactive ketones (excluding diaryl/α,β-unsaturated/α-hetero) is 1. The molecule has 0 fully saturated rings. The second-order valence-electron chi connectivity index (χ2n) is 2.56. The Labute approximate surface area is 84.3 Å². The summed E-state index contributed by atoms with van der Waals surface area (Å²) in [6, 6.07) is 5.07. The van der Waals surface area contributed by atoms with Crippen molar-refractivity contribution < 1.29 is 4.79 Å². The van der Waals surface area contributed by atoms with E-state index in [0.29, 0.717) is 21.3 Å². The molecule has 0 aliphatic rings. The summed E-state index contributed by atoms with van der Waals surface area (Å²) in [4.78, 5) is 11.2. The lowest BCUT2D eigenvalue weighted by Crippen LogP contribution is -2.01. The fraction of sp³-hybridized carbons (Fsp3) is 0.111. The Balaban J connectivity index is 3.53. The van der Waals surface area contributed by atoms with Gasteiger partial charge in [-0.05, 0) is 35.0 Å². The maximum atomic E-state index is 11.2. The minimum absolute atomic E-state index is 0.171. The summed E-state index contributed by atoms with van der Waals surface area (Å²) >= 11 is 3.18. The number of halogens is 1. The molecule has 13 heavy (non-hydrogen) atoms. The van der Waals surface area contributed by atoms with Gasteiger partial charge in [-0.25, -0.2) is 0 Å². The molecule has 0 unspecified atom stereocenters. The van der Waals surface area contributed by atoms with Crippen LogP contribution in [0.4, 0.5) is 5.69 Å². The number of nitrogens with zero attached hydrogens (tertiary/aromatic N) is 1. The van der Waals surface area contributed by atoms with Crippen molar-refractivity contribution in [3.8, 4) is 6.07 Å². The molecule has 1 aromatic carbocycles. The average Bonchev–Trinajstić information content (AvgIpc) is 2.08. The minimum Gasteiger partial charge on any atom is -0.398 e. The van der Waals surface area contributed by atoms with Crippen LogP contribution in [0.15, 0.2) is 16.6 Å². The van der Waals surface area contributed by atoms with Crippen molar-refractivity contribution in [3.63, 3.8) is 0 Å². The summed E-state index contributed by atoms with van der Waals surface area (Å²) in [7, 11) is 0. The van der Waals surface area contributed by atoms with Crippen molar-refractivity contribution in [1.29, 1.82) is 5.26 Å². The molecule has 0 bridgehead atoms. The molecule has 1 aromatic rings. The molecule has 0 saturated carbocycles. The SMILES string of the molecule is CC(=O)c1c(C#N)ccc(N)c1Br. The third-order valence-corrected chi connectivity index (χ3v) is 2.50. The quantitative estimate of drug-likeness (QED) is 0.602. The molecule has 0 saturated heterocycles. The molecule has 2 N–H and O–H groups in total. The Morgan fingerprint density at radius 2 is 2.23 bits per heavy atom. The third kappa shape index (κ3) is 1.70. The van der Waals surface area contributed by atoms with E-state index in [0.717, 1.165) is 0 Å². The molecule has 0 radical (unpaired) electrons. The maximum absolute atomic E-state index is 11.2. The second-order valence-corrected chi connectivity index (χ2v) is 3.35. The number of nitrogens with two attached hydrogens (primary N) is 1. The van der Waals surface area contributed by atoms with E-state index in [1.54, 1.807) is 6.07 Å². The number of nitrogen functional groups attached to an aromatic ring is 1. The molecule has 0 aliphatic heterocycles. The first kappa shape index (κ1) is 9.75. The maximum Gasteiger partial charge on any atom is 0.162 e. The fourth-order valence-corrected chi connectivity index (χ4v) is 1.65. The lowest BCUT2D eigenvalue weighted by Gasteiger charge is -2.04. The van der Waals surface area contributed by atoms with Crippen molar-refractivity contribution in [2.24, 2.45) is 0 Å². The van der Waals surface area contributed by atoms with Gasteiger partial charge in [0, 0.05) is 5.69 Å². The van der Waals surface area contributed by atoms with E-state index in [1.165, 1.54) is 13.0 Å². The van der Waals surface area contributed by atoms with E-state index in [2.05, 4.69) is 15.9 Å². The van der Waals surface area contributed by atoms with E-state index >= 15 is 0 Å². The van der Waals surface area contributed by atoms with Crippen LogP contribution in [0.25, 0.3) is 0 Å². The van der Waals surface area contributed by atoms with Gasteiger partial charge in [0.05, 0.1) is 21.7 Å². The Bertz CT molecular complexity index is 407. The highest BCUT2D eigenvalue weighted by molar-refractivity contribution is 9.10. The van der Waals surface area contributed by atoms with Gasteiger partial charge >= 0.3 is 0 Å². The van der Waals surface area contributed by atoms with Gasteiger partial charge in [-0.3, -0.25) is 4.79 Å². The van der Waals surface area contributed by atoms with Gasteiger partial charge in [0.25, 0.3) is 0 Å². The highest BCUT2D eigenvalue weighted by Crippen LogP contribution is 2.27. The van der Waals surface area contributed by atoms with Gasteiger partial charge in [-0.2, -0.15) is 5.26 Å². The highest BCUT2D eigenvalue weighted by atomic mass is 79.9. The van der Waals surface area contributed by atoms with E-state index in [9.17, 15) is 4.79 Å². The Morgan fingerprint density at radius 3 is 2.69 bits per heavy atom. The normalized spacial score (nSPS) is 9.31. The number of carbonyl (C=O) groups is 1. The number of benzene rings is 1. The number of nitriles is 1. The van der Waals surface area contributed by atoms with Crippen molar-refractivity contribution in [3.05, 3.63) is 27.7 Å². The smallest absolute Gasteiger partial charge is 0.162 e. The minimum atomic E-state index is -0.171. The van der Waals surface area contributed by atoms with Crippen LogP contribution in [0, 0.1) is 11.3 Å². The molecular weight excluding hydrogens is 232 g/mol. The number of hydrogen-bond donors (Lipinski definition) is 1. The summed E-state index contributed by atoms with van der Waals surface area (Å²) in [5.74, 6) is -0.171. The van der Waals surface area contributed by atoms with Crippen LogP contribution in [0.1, 0.15) is 22.8 Å². The molecule has 0 aliphatic carbocycles. The van der Waals surface area contributed by atoms with Gasteiger partial charge < -0.3 is 5.73 Å². The van der Waals surface area contributed by atoms with Crippen LogP contribution in [0.5, 0.6) is 0 Å². The fourth-order valence-electron chi connectivity index (χ4n) is 1.03. The van der Waals surface area contributed by atoms with Gasteiger partial charge in [-0.1, -0.05) is 0 Å². The zero-order valence-electron chi connectivity index (χ0n) is 6.97. The number of ketones is 1. The van der Waals surface area contributed by atoms with Crippen LogP contribution < -0.4 is 5.73 Å².